The molecule has 1 fully saturated rings. The van der Waals surface area contributed by atoms with Gasteiger partial charge in [0.1, 0.15) is 29.8 Å². The Kier molecular flexibility index (Phi) is 5.90. The molecule has 9 heteroatoms. The highest BCUT2D eigenvalue weighted by Gasteiger charge is 2.42. The van der Waals surface area contributed by atoms with Gasteiger partial charge in [0.2, 0.25) is 0 Å². The second kappa shape index (κ2) is 9.41. The number of carbonyl (C=O) groups is 1. The third kappa shape index (κ3) is 4.19. The summed E-state index contributed by atoms with van der Waals surface area (Å²) in [5.41, 5.74) is 12.7. The lowest BCUT2D eigenvalue weighted by molar-refractivity contribution is -0.105. The molecule has 1 aromatic carbocycles. The van der Waals surface area contributed by atoms with Crippen LogP contribution in [0, 0.1) is 5.41 Å². The lowest BCUT2D eigenvalue weighted by atomic mass is 9.69. The van der Waals surface area contributed by atoms with Crippen molar-refractivity contribution in [1.82, 2.24) is 29.4 Å². The minimum atomic E-state index is 0.269. The van der Waals surface area contributed by atoms with Crippen molar-refractivity contribution in [3.05, 3.63) is 72.6 Å². The zero-order valence-corrected chi connectivity index (χ0v) is 21.5. The molecule has 1 spiro atoms. The van der Waals surface area contributed by atoms with Gasteiger partial charge in [0, 0.05) is 55.3 Å². The second-order valence-electron chi connectivity index (χ2n) is 10.2. The van der Waals surface area contributed by atoms with Gasteiger partial charge in [0.25, 0.3) is 0 Å². The van der Waals surface area contributed by atoms with Crippen molar-refractivity contribution in [2.45, 2.75) is 26.2 Å². The molecule has 0 saturated carbocycles. The molecule has 1 saturated heterocycles. The van der Waals surface area contributed by atoms with E-state index in [1.54, 1.807) is 18.5 Å². The Hall–Kier alpha value is -4.53. The van der Waals surface area contributed by atoms with Crippen molar-refractivity contribution >= 4 is 28.7 Å². The molecule has 1 aliphatic carbocycles. The summed E-state index contributed by atoms with van der Waals surface area (Å²) in [5.74, 6) is 1.11. The van der Waals surface area contributed by atoms with E-state index >= 15 is 0 Å². The van der Waals surface area contributed by atoms with Crippen LogP contribution < -0.4 is 10.5 Å². The molecule has 1 aliphatic heterocycles. The molecule has 2 N–H and O–H groups in total. The molecular formula is C29H29N7O2. The van der Waals surface area contributed by atoms with E-state index in [1.165, 1.54) is 11.9 Å². The molecule has 3 aromatic heterocycles. The molecule has 9 nitrogen and oxygen atoms in total. The van der Waals surface area contributed by atoms with Gasteiger partial charge < -0.3 is 19.9 Å². The number of hydrogen-bond acceptors (Lipinski definition) is 8. The number of rotatable bonds is 6. The Bertz CT molecular complexity index is 1570. The predicted molar refractivity (Wildman–Crippen MR) is 146 cm³/mol. The lowest BCUT2D eigenvalue weighted by Gasteiger charge is -2.51. The molecule has 6 rings (SSSR count). The fraction of sp³-hybridized carbons (Fsp3) is 0.276. The number of ether oxygens (including phenoxy) is 1. The van der Waals surface area contributed by atoms with Crippen molar-refractivity contribution in [2.24, 2.45) is 12.5 Å². The number of fused-ring (bicyclic) bond motifs is 1. The van der Waals surface area contributed by atoms with Crippen molar-refractivity contribution in [1.29, 1.82) is 0 Å². The molecule has 38 heavy (non-hydrogen) atoms. The minimum absolute atomic E-state index is 0.269. The Morgan fingerprint density at radius 1 is 1.11 bits per heavy atom. The standard InChI is InChI=1S/C29H29N7O2/c1-19(15-37)14-36-16-29(17-36)10-8-21(9-11-29)25-23(24-26(30)33-18-34-27(24)35(25)2)20-4-6-22(7-5-20)38-28-31-12-3-13-32-28/h3-8,12-15,18H,9-11,16-17H2,1-2H3,(H2,30,33,34). The minimum Gasteiger partial charge on any atom is -0.424 e. The average molecular weight is 508 g/mol. The fourth-order valence-corrected chi connectivity index (χ4v) is 5.74. The quantitative estimate of drug-likeness (QED) is 0.293. The van der Waals surface area contributed by atoms with E-state index in [4.69, 9.17) is 10.5 Å². The number of nitrogens with zero attached hydrogens (tertiary/aromatic N) is 6. The Balaban J connectivity index is 1.34. The van der Waals surface area contributed by atoms with Gasteiger partial charge in [-0.05, 0) is 55.5 Å². The maximum absolute atomic E-state index is 11.0. The molecule has 0 amide bonds. The summed E-state index contributed by atoms with van der Waals surface area (Å²) in [6, 6.07) is 9.93. The van der Waals surface area contributed by atoms with Crippen molar-refractivity contribution in [3.63, 3.8) is 0 Å². The molecule has 0 radical (unpaired) electrons. The van der Waals surface area contributed by atoms with Crippen LogP contribution in [0.3, 0.4) is 0 Å². The van der Waals surface area contributed by atoms with Gasteiger partial charge in [0.05, 0.1) is 11.1 Å². The first-order valence-electron chi connectivity index (χ1n) is 12.7. The van der Waals surface area contributed by atoms with E-state index < -0.39 is 0 Å². The van der Waals surface area contributed by atoms with Gasteiger partial charge in [-0.1, -0.05) is 18.2 Å². The van der Waals surface area contributed by atoms with E-state index in [0.717, 1.165) is 72.1 Å². The first-order valence-corrected chi connectivity index (χ1v) is 12.7. The van der Waals surface area contributed by atoms with Crippen molar-refractivity contribution in [2.75, 3.05) is 18.8 Å². The first kappa shape index (κ1) is 23.8. The van der Waals surface area contributed by atoms with Crippen LogP contribution in [0.25, 0.3) is 27.7 Å². The number of aryl methyl sites for hydroxylation is 1. The number of carbonyl (C=O) groups excluding carboxylic acids is 1. The van der Waals surface area contributed by atoms with Crippen LogP contribution in [-0.2, 0) is 11.8 Å². The number of hydrogen-bond donors (Lipinski definition) is 1. The van der Waals surface area contributed by atoms with Crippen LogP contribution in [-0.4, -0.2) is 48.8 Å². The van der Waals surface area contributed by atoms with Crippen LogP contribution in [0.4, 0.5) is 5.82 Å². The first-order chi connectivity index (χ1) is 18.5. The number of allylic oxidation sites excluding steroid dienone is 3. The van der Waals surface area contributed by atoms with Crippen LogP contribution in [0.5, 0.6) is 11.8 Å². The summed E-state index contributed by atoms with van der Waals surface area (Å²) in [7, 11) is 2.04. The normalized spacial score (nSPS) is 16.8. The van der Waals surface area contributed by atoms with Gasteiger partial charge in [-0.2, -0.15) is 0 Å². The van der Waals surface area contributed by atoms with E-state index in [9.17, 15) is 4.79 Å². The molecule has 4 aromatic rings. The highest BCUT2D eigenvalue weighted by Crippen LogP contribution is 2.48. The maximum atomic E-state index is 11.0. The molecule has 0 bridgehead atoms. The Morgan fingerprint density at radius 2 is 1.87 bits per heavy atom. The van der Waals surface area contributed by atoms with Crippen LogP contribution in [0.1, 0.15) is 31.9 Å². The third-order valence-corrected chi connectivity index (χ3v) is 7.55. The lowest BCUT2D eigenvalue weighted by Crippen LogP contribution is -2.54. The van der Waals surface area contributed by atoms with Crippen LogP contribution in [0.2, 0.25) is 0 Å². The van der Waals surface area contributed by atoms with E-state index in [-0.39, 0.29) is 5.41 Å². The third-order valence-electron chi connectivity index (χ3n) is 7.55. The van der Waals surface area contributed by atoms with E-state index in [0.29, 0.717) is 17.6 Å². The van der Waals surface area contributed by atoms with Gasteiger partial charge in [0.15, 0.2) is 0 Å². The second-order valence-corrected chi connectivity index (χ2v) is 10.2. The van der Waals surface area contributed by atoms with Gasteiger partial charge in [-0.3, -0.25) is 4.79 Å². The van der Waals surface area contributed by atoms with Gasteiger partial charge in [-0.25, -0.2) is 19.9 Å². The summed E-state index contributed by atoms with van der Waals surface area (Å²) in [4.78, 5) is 30.4. The summed E-state index contributed by atoms with van der Waals surface area (Å²) in [6.45, 7) is 3.81. The number of aldehydes is 1. The number of nitrogens with two attached hydrogens (primary N) is 1. The topological polar surface area (TPSA) is 112 Å². The average Bonchev–Trinajstić information content (AvgIpc) is 3.22. The van der Waals surface area contributed by atoms with Crippen molar-refractivity contribution < 1.29 is 9.53 Å². The summed E-state index contributed by atoms with van der Waals surface area (Å²) >= 11 is 0. The predicted octanol–water partition coefficient (Wildman–Crippen LogP) is 4.77. The summed E-state index contributed by atoms with van der Waals surface area (Å²) in [6.07, 6.45) is 13.1. The number of nitrogen functional groups attached to an aromatic ring is 1. The fourth-order valence-electron chi connectivity index (χ4n) is 5.74. The highest BCUT2D eigenvalue weighted by molar-refractivity contribution is 6.06. The zero-order valence-electron chi connectivity index (χ0n) is 21.5. The Labute approximate surface area is 220 Å². The SMILES string of the molecule is CC(C=O)=CN1CC2(CC=C(c3c(-c4ccc(Oc5ncccn5)cc4)c4c(N)ncnc4n3C)CC2)C1. The number of likely N-dealkylation sites (tertiary alicyclic amines) is 1. The zero-order chi connectivity index (χ0) is 26.3. The van der Waals surface area contributed by atoms with Crippen LogP contribution in [0.15, 0.2) is 66.9 Å². The molecule has 0 atom stereocenters. The van der Waals surface area contributed by atoms with Crippen molar-refractivity contribution in [3.8, 4) is 22.9 Å². The molecule has 192 valence electrons. The summed E-state index contributed by atoms with van der Waals surface area (Å²) in [5, 5.41) is 0.857. The maximum Gasteiger partial charge on any atom is 0.321 e. The number of anilines is 1. The summed E-state index contributed by atoms with van der Waals surface area (Å²) < 4.78 is 7.94. The molecular weight excluding hydrogens is 478 g/mol. The monoisotopic (exact) mass is 507 g/mol. The Morgan fingerprint density at radius 3 is 2.55 bits per heavy atom. The number of benzene rings is 1. The van der Waals surface area contributed by atoms with Gasteiger partial charge in [-0.15, -0.1) is 0 Å². The molecule has 4 heterocycles. The van der Waals surface area contributed by atoms with E-state index in [2.05, 4.69) is 35.5 Å². The largest absolute Gasteiger partial charge is 0.424 e. The highest BCUT2D eigenvalue weighted by atomic mass is 16.5. The molecule has 0 unspecified atom stereocenters. The number of aromatic nitrogens is 5. The van der Waals surface area contributed by atoms with Gasteiger partial charge >= 0.3 is 6.01 Å². The van der Waals surface area contributed by atoms with Crippen LogP contribution >= 0.6 is 0 Å². The smallest absolute Gasteiger partial charge is 0.321 e. The van der Waals surface area contributed by atoms with E-state index in [1.807, 2.05) is 44.4 Å². The molecule has 2 aliphatic rings.